The smallest absolute Gasteiger partial charge is 0.224 e. The van der Waals surface area contributed by atoms with Crippen LogP contribution in [0, 0.1) is 12.7 Å². The minimum absolute atomic E-state index is 0.0333. The van der Waals surface area contributed by atoms with Crippen molar-refractivity contribution < 1.29 is 4.39 Å². The van der Waals surface area contributed by atoms with Gasteiger partial charge in [-0.1, -0.05) is 19.1 Å². The fourth-order valence-corrected chi connectivity index (χ4v) is 2.04. The maximum Gasteiger partial charge on any atom is 0.224 e. The molecule has 0 aliphatic heterocycles. The summed E-state index contributed by atoms with van der Waals surface area (Å²) in [6.45, 7) is 6.83. The third-order valence-corrected chi connectivity index (χ3v) is 3.10. The standard InChI is InChI=1S/C16H21FN4/c1-4-8-18-16-19-11(2)9-15(21-16)20-12(3)13-6-5-7-14(17)10-13/h5-7,9-10,12H,4,8H2,1-3H3,(H2,18,19,20,21). The Kier molecular flexibility index (Phi) is 5.09. The van der Waals surface area contributed by atoms with Gasteiger partial charge in [0.2, 0.25) is 5.95 Å². The van der Waals surface area contributed by atoms with Crippen LogP contribution >= 0.6 is 0 Å². The Balaban J connectivity index is 2.13. The summed E-state index contributed by atoms with van der Waals surface area (Å²) in [7, 11) is 0. The molecule has 0 fully saturated rings. The first-order valence-electron chi connectivity index (χ1n) is 7.20. The van der Waals surface area contributed by atoms with Crippen LogP contribution in [0.5, 0.6) is 0 Å². The molecule has 5 heteroatoms. The SMILES string of the molecule is CCCNc1nc(C)cc(NC(C)c2cccc(F)c2)n1. The fourth-order valence-electron chi connectivity index (χ4n) is 2.04. The summed E-state index contributed by atoms with van der Waals surface area (Å²) in [4.78, 5) is 8.78. The highest BCUT2D eigenvalue weighted by molar-refractivity contribution is 5.44. The largest absolute Gasteiger partial charge is 0.363 e. The normalized spacial score (nSPS) is 12.0. The molecule has 0 aliphatic carbocycles. The minimum atomic E-state index is -0.231. The molecule has 0 spiro atoms. The lowest BCUT2D eigenvalue weighted by Gasteiger charge is -2.16. The summed E-state index contributed by atoms with van der Waals surface area (Å²) in [5.74, 6) is 1.12. The summed E-state index contributed by atoms with van der Waals surface area (Å²) in [5, 5.41) is 6.46. The molecular weight excluding hydrogens is 267 g/mol. The molecule has 2 N–H and O–H groups in total. The lowest BCUT2D eigenvalue weighted by molar-refractivity contribution is 0.623. The Morgan fingerprint density at radius 3 is 2.76 bits per heavy atom. The van der Waals surface area contributed by atoms with Crippen molar-refractivity contribution in [3.05, 3.63) is 47.4 Å². The number of nitrogens with one attached hydrogen (secondary N) is 2. The number of hydrogen-bond acceptors (Lipinski definition) is 4. The van der Waals surface area contributed by atoms with Crippen LogP contribution in [0.3, 0.4) is 0 Å². The molecule has 2 rings (SSSR count). The fraction of sp³-hybridized carbons (Fsp3) is 0.375. The van der Waals surface area contributed by atoms with Crippen molar-refractivity contribution in [3.63, 3.8) is 0 Å². The average molecular weight is 288 g/mol. The van der Waals surface area contributed by atoms with Crippen molar-refractivity contribution in [1.82, 2.24) is 9.97 Å². The van der Waals surface area contributed by atoms with Crippen molar-refractivity contribution >= 4 is 11.8 Å². The Labute approximate surface area is 124 Å². The molecule has 0 saturated heterocycles. The molecule has 0 radical (unpaired) electrons. The van der Waals surface area contributed by atoms with Crippen molar-refractivity contribution in [2.75, 3.05) is 17.2 Å². The van der Waals surface area contributed by atoms with Gasteiger partial charge in [0.1, 0.15) is 11.6 Å². The average Bonchev–Trinajstić information content (AvgIpc) is 2.44. The van der Waals surface area contributed by atoms with Crippen molar-refractivity contribution in [2.45, 2.75) is 33.2 Å². The summed E-state index contributed by atoms with van der Waals surface area (Å²) < 4.78 is 13.3. The van der Waals surface area contributed by atoms with E-state index in [0.29, 0.717) is 5.95 Å². The Hall–Kier alpha value is -2.17. The first-order valence-corrected chi connectivity index (χ1v) is 7.20. The summed E-state index contributed by atoms with van der Waals surface area (Å²) in [6, 6.07) is 8.43. The molecule has 1 heterocycles. The lowest BCUT2D eigenvalue weighted by Crippen LogP contribution is -2.11. The quantitative estimate of drug-likeness (QED) is 0.846. The molecule has 0 saturated carbocycles. The highest BCUT2D eigenvalue weighted by atomic mass is 19.1. The first-order chi connectivity index (χ1) is 10.1. The zero-order valence-corrected chi connectivity index (χ0v) is 12.7. The summed E-state index contributed by atoms with van der Waals surface area (Å²) >= 11 is 0. The van der Waals surface area contributed by atoms with Crippen molar-refractivity contribution in [2.24, 2.45) is 0 Å². The number of aryl methyl sites for hydroxylation is 1. The molecule has 1 aromatic heterocycles. The number of hydrogen-bond donors (Lipinski definition) is 2. The van der Waals surface area contributed by atoms with Gasteiger partial charge in [0.05, 0.1) is 6.04 Å². The van der Waals surface area contributed by atoms with Crippen LogP contribution < -0.4 is 10.6 Å². The summed E-state index contributed by atoms with van der Waals surface area (Å²) in [6.07, 6.45) is 1.01. The van der Waals surface area contributed by atoms with Crippen LogP contribution in [0.4, 0.5) is 16.2 Å². The zero-order valence-electron chi connectivity index (χ0n) is 12.7. The van der Waals surface area contributed by atoms with Crippen molar-refractivity contribution in [3.8, 4) is 0 Å². The van der Waals surface area contributed by atoms with Crippen LogP contribution in [-0.4, -0.2) is 16.5 Å². The Morgan fingerprint density at radius 1 is 1.24 bits per heavy atom. The van der Waals surface area contributed by atoms with Gasteiger partial charge in [-0.05, 0) is 38.0 Å². The third-order valence-electron chi connectivity index (χ3n) is 3.10. The molecule has 1 unspecified atom stereocenters. The second-order valence-electron chi connectivity index (χ2n) is 5.07. The van der Waals surface area contributed by atoms with E-state index in [4.69, 9.17) is 0 Å². The van der Waals surface area contributed by atoms with Gasteiger partial charge in [-0.3, -0.25) is 0 Å². The second-order valence-corrected chi connectivity index (χ2v) is 5.07. The number of rotatable bonds is 6. The van der Waals surface area contributed by atoms with Crippen LogP contribution in [-0.2, 0) is 0 Å². The van der Waals surface area contributed by atoms with Crippen LogP contribution in [0.1, 0.15) is 37.6 Å². The Bertz CT molecular complexity index is 601. The first kappa shape index (κ1) is 15.2. The maximum absolute atomic E-state index is 13.3. The van der Waals surface area contributed by atoms with E-state index in [9.17, 15) is 4.39 Å². The number of benzene rings is 1. The molecule has 1 aromatic carbocycles. The van der Waals surface area contributed by atoms with Gasteiger partial charge < -0.3 is 10.6 Å². The van der Waals surface area contributed by atoms with E-state index in [1.807, 2.05) is 26.0 Å². The predicted octanol–water partition coefficient (Wildman–Crippen LogP) is 3.92. The van der Waals surface area contributed by atoms with Gasteiger partial charge in [-0.15, -0.1) is 0 Å². The number of aromatic nitrogens is 2. The van der Waals surface area contributed by atoms with E-state index >= 15 is 0 Å². The number of anilines is 2. The van der Waals surface area contributed by atoms with Gasteiger partial charge in [0, 0.05) is 18.3 Å². The zero-order chi connectivity index (χ0) is 15.2. The van der Waals surface area contributed by atoms with Gasteiger partial charge in [0.15, 0.2) is 0 Å². The minimum Gasteiger partial charge on any atom is -0.363 e. The van der Waals surface area contributed by atoms with E-state index in [-0.39, 0.29) is 11.9 Å². The molecule has 4 nitrogen and oxygen atoms in total. The van der Waals surface area contributed by atoms with E-state index in [2.05, 4.69) is 27.5 Å². The van der Waals surface area contributed by atoms with Gasteiger partial charge in [0.25, 0.3) is 0 Å². The molecule has 0 aliphatic rings. The monoisotopic (exact) mass is 288 g/mol. The van der Waals surface area contributed by atoms with E-state index in [0.717, 1.165) is 30.0 Å². The highest BCUT2D eigenvalue weighted by Crippen LogP contribution is 2.19. The molecule has 1 atom stereocenters. The van der Waals surface area contributed by atoms with E-state index < -0.39 is 0 Å². The Morgan fingerprint density at radius 2 is 2.05 bits per heavy atom. The van der Waals surface area contributed by atoms with Crippen LogP contribution in [0.2, 0.25) is 0 Å². The van der Waals surface area contributed by atoms with Crippen molar-refractivity contribution in [1.29, 1.82) is 0 Å². The van der Waals surface area contributed by atoms with E-state index in [1.165, 1.54) is 12.1 Å². The summed E-state index contributed by atoms with van der Waals surface area (Å²) in [5.41, 5.74) is 1.77. The molecule has 0 amide bonds. The molecular formula is C16H21FN4. The predicted molar refractivity (Wildman–Crippen MR) is 84.0 cm³/mol. The molecule has 2 aromatic rings. The molecule has 21 heavy (non-hydrogen) atoms. The third kappa shape index (κ3) is 4.41. The number of halogens is 1. The van der Waals surface area contributed by atoms with Gasteiger partial charge in [-0.25, -0.2) is 9.37 Å². The molecule has 112 valence electrons. The maximum atomic E-state index is 13.3. The number of nitrogens with zero attached hydrogens (tertiary/aromatic N) is 2. The van der Waals surface area contributed by atoms with Crippen LogP contribution in [0.25, 0.3) is 0 Å². The van der Waals surface area contributed by atoms with Gasteiger partial charge in [-0.2, -0.15) is 4.98 Å². The topological polar surface area (TPSA) is 49.8 Å². The second kappa shape index (κ2) is 7.02. The highest BCUT2D eigenvalue weighted by Gasteiger charge is 2.08. The van der Waals surface area contributed by atoms with Crippen LogP contribution in [0.15, 0.2) is 30.3 Å². The molecule has 0 bridgehead atoms. The van der Waals surface area contributed by atoms with E-state index in [1.54, 1.807) is 6.07 Å². The van der Waals surface area contributed by atoms with Gasteiger partial charge >= 0.3 is 0 Å². The lowest BCUT2D eigenvalue weighted by atomic mass is 10.1.